The van der Waals surface area contributed by atoms with Gasteiger partial charge >= 0.3 is 6.18 Å². The molecule has 1 N–H and O–H groups in total. The molecule has 1 atom stereocenters. The summed E-state index contributed by atoms with van der Waals surface area (Å²) in [5.74, 6) is 0.426. The lowest BCUT2D eigenvalue weighted by molar-refractivity contribution is -0.139. The first-order valence-electron chi connectivity index (χ1n) is 6.77. The Kier molecular flexibility index (Phi) is 4.34. The van der Waals surface area contributed by atoms with Gasteiger partial charge in [-0.3, -0.25) is 0 Å². The van der Waals surface area contributed by atoms with E-state index >= 15 is 0 Å². The second-order valence-corrected chi connectivity index (χ2v) is 7.15. The number of aryl methyl sites for hydroxylation is 1. The molecule has 1 saturated carbocycles. The average molecular weight is 325 g/mol. The molecule has 0 amide bonds. The normalized spacial score (nSPS) is 18.2. The van der Waals surface area contributed by atoms with E-state index in [9.17, 15) is 21.6 Å². The highest BCUT2D eigenvalue weighted by Crippen LogP contribution is 2.38. The van der Waals surface area contributed by atoms with Crippen molar-refractivity contribution in [3.05, 3.63) is 12.0 Å². The molecular formula is C12H18F3N3O2S. The molecule has 1 unspecified atom stereocenters. The Morgan fingerprint density at radius 3 is 2.52 bits per heavy atom. The summed E-state index contributed by atoms with van der Waals surface area (Å²) in [7, 11) is -4.23. The molecule has 0 aliphatic heterocycles. The van der Waals surface area contributed by atoms with Gasteiger partial charge in [0.25, 0.3) is 10.0 Å². The van der Waals surface area contributed by atoms with Gasteiger partial charge in [0.2, 0.25) is 0 Å². The smallest absolute Gasteiger partial charge is 0.332 e. The third kappa shape index (κ3) is 3.76. The number of halogens is 3. The lowest BCUT2D eigenvalue weighted by Crippen LogP contribution is -2.45. The van der Waals surface area contributed by atoms with E-state index in [0.717, 1.165) is 19.0 Å². The summed E-state index contributed by atoms with van der Waals surface area (Å²) < 4.78 is 63.7. The van der Waals surface area contributed by atoms with E-state index in [1.165, 1.54) is 6.92 Å². The fourth-order valence-corrected chi connectivity index (χ4v) is 3.83. The largest absolute Gasteiger partial charge is 0.402 e. The topological polar surface area (TPSA) is 66.1 Å². The predicted octanol–water partition coefficient (Wildman–Crippen LogP) is 2.32. The second kappa shape index (κ2) is 5.60. The minimum absolute atomic E-state index is 0.00399. The number of rotatable bonds is 6. The number of imidazole rings is 1. The van der Waals surface area contributed by atoms with Crippen molar-refractivity contribution in [1.82, 2.24) is 14.3 Å². The van der Waals surface area contributed by atoms with Crippen molar-refractivity contribution in [3.63, 3.8) is 0 Å². The highest BCUT2D eigenvalue weighted by molar-refractivity contribution is 7.89. The van der Waals surface area contributed by atoms with Crippen molar-refractivity contribution in [2.75, 3.05) is 6.54 Å². The number of hydrogen-bond donors (Lipinski definition) is 1. The summed E-state index contributed by atoms with van der Waals surface area (Å²) in [5, 5.41) is -0.281. The van der Waals surface area contributed by atoms with Gasteiger partial charge in [-0.05, 0) is 25.7 Å². The van der Waals surface area contributed by atoms with Gasteiger partial charge in [-0.1, -0.05) is 6.92 Å². The molecule has 1 fully saturated rings. The average Bonchev–Trinajstić information content (AvgIpc) is 3.11. The van der Waals surface area contributed by atoms with Crippen LogP contribution in [0.15, 0.2) is 11.2 Å². The van der Waals surface area contributed by atoms with Crippen LogP contribution in [0.2, 0.25) is 0 Å². The number of H-pyrrole nitrogens is 1. The fourth-order valence-electron chi connectivity index (χ4n) is 2.22. The van der Waals surface area contributed by atoms with Crippen molar-refractivity contribution < 1.29 is 21.6 Å². The first-order valence-corrected chi connectivity index (χ1v) is 8.21. The number of aromatic nitrogens is 2. The highest BCUT2D eigenvalue weighted by Gasteiger charge is 2.44. The molecule has 0 radical (unpaired) electrons. The van der Waals surface area contributed by atoms with Gasteiger partial charge in [0.1, 0.15) is 12.4 Å². The Bertz CT molecular complexity index is 593. The molecule has 0 spiro atoms. The molecule has 21 heavy (non-hydrogen) atoms. The third-order valence-corrected chi connectivity index (χ3v) is 5.46. The number of alkyl halides is 3. The Labute approximate surface area is 121 Å². The van der Waals surface area contributed by atoms with Crippen LogP contribution in [0.4, 0.5) is 13.2 Å². The molecule has 1 heterocycles. The van der Waals surface area contributed by atoms with Crippen molar-refractivity contribution in [2.45, 2.75) is 50.4 Å². The van der Waals surface area contributed by atoms with Gasteiger partial charge in [0.05, 0.1) is 6.20 Å². The fraction of sp³-hybridized carbons (Fsp3) is 0.750. The Balaban J connectivity index is 2.33. The Morgan fingerprint density at radius 2 is 2.10 bits per heavy atom. The monoisotopic (exact) mass is 325 g/mol. The molecule has 0 bridgehead atoms. The van der Waals surface area contributed by atoms with Crippen LogP contribution in [-0.4, -0.2) is 41.5 Å². The van der Waals surface area contributed by atoms with Crippen LogP contribution >= 0.6 is 0 Å². The number of sulfonamides is 1. The summed E-state index contributed by atoms with van der Waals surface area (Å²) in [6, 6.07) is -0.676. The lowest BCUT2D eigenvalue weighted by atomic mass is 10.2. The second-order valence-electron chi connectivity index (χ2n) is 5.29. The number of hydrogen-bond acceptors (Lipinski definition) is 3. The predicted molar refractivity (Wildman–Crippen MR) is 70.1 cm³/mol. The zero-order chi connectivity index (χ0) is 15.8. The molecule has 0 saturated heterocycles. The molecule has 9 heteroatoms. The molecule has 1 aromatic rings. The standard InChI is InChI=1S/C12H18F3N3O2S/c1-3-10-16-6-11(17-10)21(19,20)18(7-12(13,14)15)8(2)9-4-5-9/h6,8-9H,3-5,7H2,1-2H3,(H,16,17). The van der Waals surface area contributed by atoms with Gasteiger partial charge in [0, 0.05) is 12.5 Å². The zero-order valence-electron chi connectivity index (χ0n) is 11.8. The van der Waals surface area contributed by atoms with E-state index in [4.69, 9.17) is 0 Å². The minimum atomic E-state index is -4.58. The summed E-state index contributed by atoms with van der Waals surface area (Å²) in [4.78, 5) is 6.43. The van der Waals surface area contributed by atoms with Gasteiger partial charge in [-0.15, -0.1) is 0 Å². The van der Waals surface area contributed by atoms with E-state index in [1.54, 1.807) is 6.92 Å². The van der Waals surface area contributed by atoms with Crippen LogP contribution in [0.5, 0.6) is 0 Å². The number of nitrogens with one attached hydrogen (secondary N) is 1. The molecule has 1 aliphatic rings. The molecule has 0 aromatic carbocycles. The number of nitrogens with zero attached hydrogens (tertiary/aromatic N) is 2. The highest BCUT2D eigenvalue weighted by atomic mass is 32.2. The summed E-state index contributed by atoms with van der Waals surface area (Å²) in [6.45, 7) is 1.82. The van der Waals surface area contributed by atoms with E-state index in [-0.39, 0.29) is 10.9 Å². The molecule has 1 aromatic heterocycles. The van der Waals surface area contributed by atoms with Gasteiger partial charge in [-0.2, -0.15) is 17.5 Å². The van der Waals surface area contributed by atoms with Crippen LogP contribution < -0.4 is 0 Å². The van der Waals surface area contributed by atoms with Gasteiger partial charge < -0.3 is 4.98 Å². The van der Waals surface area contributed by atoms with Crippen molar-refractivity contribution in [3.8, 4) is 0 Å². The van der Waals surface area contributed by atoms with Gasteiger partial charge in [0.15, 0.2) is 5.03 Å². The van der Waals surface area contributed by atoms with Crippen LogP contribution in [0.3, 0.4) is 0 Å². The van der Waals surface area contributed by atoms with E-state index in [0.29, 0.717) is 16.6 Å². The number of aromatic amines is 1. The molecule has 120 valence electrons. The first-order chi connectivity index (χ1) is 9.65. The third-order valence-electron chi connectivity index (χ3n) is 3.62. The maximum Gasteiger partial charge on any atom is 0.402 e. The van der Waals surface area contributed by atoms with Crippen LogP contribution in [0, 0.1) is 5.92 Å². The Morgan fingerprint density at radius 1 is 1.48 bits per heavy atom. The maximum absolute atomic E-state index is 12.7. The molecular weight excluding hydrogens is 307 g/mol. The van der Waals surface area contributed by atoms with Crippen LogP contribution in [-0.2, 0) is 16.4 Å². The van der Waals surface area contributed by atoms with Crippen LogP contribution in [0.25, 0.3) is 0 Å². The van der Waals surface area contributed by atoms with E-state index in [1.807, 2.05) is 0 Å². The van der Waals surface area contributed by atoms with Crippen molar-refractivity contribution in [2.24, 2.45) is 5.92 Å². The maximum atomic E-state index is 12.7. The quantitative estimate of drug-likeness (QED) is 0.873. The van der Waals surface area contributed by atoms with Crippen molar-refractivity contribution >= 4 is 10.0 Å². The minimum Gasteiger partial charge on any atom is -0.332 e. The molecule has 1 aliphatic carbocycles. The SMILES string of the molecule is CCc1ncc(S(=O)(=O)N(CC(F)(F)F)C(C)C2CC2)[nH]1. The summed E-state index contributed by atoms with van der Waals surface area (Å²) in [5.41, 5.74) is 0. The molecule has 5 nitrogen and oxygen atoms in total. The lowest BCUT2D eigenvalue weighted by Gasteiger charge is -2.28. The van der Waals surface area contributed by atoms with Gasteiger partial charge in [-0.25, -0.2) is 13.4 Å². The summed E-state index contributed by atoms with van der Waals surface area (Å²) >= 11 is 0. The zero-order valence-corrected chi connectivity index (χ0v) is 12.6. The van der Waals surface area contributed by atoms with E-state index < -0.39 is 28.8 Å². The first kappa shape index (κ1) is 16.3. The van der Waals surface area contributed by atoms with Crippen molar-refractivity contribution in [1.29, 1.82) is 0 Å². The Hall–Kier alpha value is -1.09. The summed E-state index contributed by atoms with van der Waals surface area (Å²) in [6.07, 6.45) is -1.50. The molecule has 2 rings (SSSR count). The van der Waals surface area contributed by atoms with Crippen LogP contribution in [0.1, 0.15) is 32.5 Å². The van der Waals surface area contributed by atoms with E-state index in [2.05, 4.69) is 9.97 Å².